The van der Waals surface area contributed by atoms with E-state index in [0.717, 1.165) is 99.0 Å². The highest BCUT2D eigenvalue weighted by Gasteiger charge is 2.32. The molecule has 15 aromatic heterocycles. The lowest BCUT2D eigenvalue weighted by Gasteiger charge is -2.20. The van der Waals surface area contributed by atoms with Crippen LogP contribution < -0.4 is 22.8 Å². The zero-order chi connectivity index (χ0) is 135. The molecule has 0 saturated heterocycles. The third-order valence-electron chi connectivity index (χ3n) is 27.1. The van der Waals surface area contributed by atoms with Crippen molar-refractivity contribution in [3.63, 3.8) is 0 Å². The van der Waals surface area contributed by atoms with Crippen LogP contribution in [0, 0.1) is 45.9 Å². The third-order valence-corrected chi connectivity index (χ3v) is 27.1. The Morgan fingerprint density at radius 3 is 0.931 bits per heavy atom. The maximum atomic E-state index is 9.03. The lowest BCUT2D eigenvalue weighted by atomic mass is 9.86. The Hall–Kier alpha value is -13.4. The van der Waals surface area contributed by atoms with Gasteiger partial charge >= 0.3 is 0 Å². The van der Waals surface area contributed by atoms with Crippen LogP contribution in [0.15, 0.2) is 235 Å². The van der Waals surface area contributed by atoms with E-state index >= 15 is 0 Å². The van der Waals surface area contributed by atoms with Gasteiger partial charge in [0, 0.05) is 212 Å². The number of rotatable bonds is 15. The van der Waals surface area contributed by atoms with Crippen molar-refractivity contribution >= 4 is 110 Å². The van der Waals surface area contributed by atoms with Crippen molar-refractivity contribution < 1.29 is 97.0 Å². The highest BCUT2D eigenvalue weighted by atomic mass is 16.4. The number of aromatic nitrogens is 10. The van der Waals surface area contributed by atoms with Gasteiger partial charge in [-0.15, -0.1) is 0 Å². The molecule has 0 amide bonds. The standard InChI is InChI=1S/C27H31N2O.C26H29N2O.C26H31N2O.2C25H29N2O/c1-17(2)20-14-15-29(4)24(16-20)25-18(3)10-11-21-22-12-13-23(19-8-6-5-7-9-19)28-27(22)30-26(21)25;1-16(2)19-13-14-28(4)23(15-19)24-17(3)9-10-20-21-11-12-22(18-7-5-6-8-18)27-26(21)29-25(20)24;1-16(2)18-12-13-28(7)22(14-18)23-17(3)8-10-20-21-11-9-19(15-26(4,5)6)27-25(21)29-24(20)23;1-15(2)17-12-13-27(7)20(14-17)22-16(3)8-9-18-19-10-11-21(25(4,5)6)26-24(19)28-23(18)22;1-15(2)13-19-8-10-21-20-9-7-17(5)23(24(20)28-25(21)26-19)22-14-18(16(3)4)11-12-27(22)6/h10-17,19H,5-9H2,1-4H3;9-16,18H,5-8H2,1-4H3;8-14,16H,15H2,1-7H3;8-15H,1-7H3;7-12,14-16H,13H2,1-6H3/q5*+1/i1D3,8D2,9D2,17D,19D;1D3,7D2,16D,18D;1D3,4D3,5D3,16D;1D3,15D;1D3,3D3,15D,16D. The lowest BCUT2D eigenvalue weighted by molar-refractivity contribution is -0.660. The molecule has 0 aliphatic heterocycles. The third kappa shape index (κ3) is 20.5. The Kier molecular flexibility index (Phi) is 18.1. The van der Waals surface area contributed by atoms with E-state index in [4.69, 9.17) is 79.2 Å². The van der Waals surface area contributed by atoms with Crippen molar-refractivity contribution in [2.75, 3.05) is 0 Å². The van der Waals surface area contributed by atoms with Gasteiger partial charge in [-0.3, -0.25) is 0 Å². The molecule has 7 unspecified atom stereocenters. The Bertz CT molecular complexity index is 10100. The van der Waals surface area contributed by atoms with Gasteiger partial charge in [0.2, 0.25) is 57.0 Å². The molecule has 15 heterocycles. The number of hydrogen-bond donors (Lipinski definition) is 0. The van der Waals surface area contributed by atoms with E-state index in [1.54, 1.807) is 122 Å². The Balaban J connectivity index is 0.000000143. The number of nitrogens with zero attached hydrogens (tertiary/aromatic N) is 10. The molecule has 5 aromatic carbocycles. The van der Waals surface area contributed by atoms with Gasteiger partial charge in [-0.2, -0.15) is 0 Å². The highest BCUT2D eigenvalue weighted by molar-refractivity contribution is 6.13. The van der Waals surface area contributed by atoms with Crippen molar-refractivity contribution in [2.24, 2.45) is 46.5 Å². The molecule has 0 spiro atoms. The molecule has 2 fully saturated rings. The van der Waals surface area contributed by atoms with E-state index in [0.29, 0.717) is 155 Å². The Morgan fingerprint density at radius 1 is 0.333 bits per heavy atom. The summed E-state index contributed by atoms with van der Waals surface area (Å²) in [6.07, 6.45) is 4.33. The molecule has 22 rings (SSSR count). The van der Waals surface area contributed by atoms with Crippen molar-refractivity contribution in [1.29, 1.82) is 0 Å². The molecule has 2 aliphatic rings. The average Bonchev–Trinajstić information content (AvgIpc) is 1.44. The zero-order valence-corrected chi connectivity index (χ0v) is 85.4. The topological polar surface area (TPSA) is 150 Å². The second kappa shape index (κ2) is 41.0. The molecule has 740 valence electrons. The summed E-state index contributed by atoms with van der Waals surface area (Å²) in [5, 5.41) is 7.85. The van der Waals surface area contributed by atoms with Crippen molar-refractivity contribution in [2.45, 2.75) is 276 Å². The van der Waals surface area contributed by atoms with Gasteiger partial charge in [0.15, 0.2) is 58.9 Å². The van der Waals surface area contributed by atoms with Gasteiger partial charge in [-0.05, 0) is 230 Å². The van der Waals surface area contributed by atoms with Gasteiger partial charge < -0.3 is 22.1 Å². The predicted molar refractivity (Wildman–Crippen MR) is 592 cm³/mol. The van der Waals surface area contributed by atoms with Gasteiger partial charge in [0.25, 0.3) is 0 Å². The fourth-order valence-electron chi connectivity index (χ4n) is 19.1. The minimum Gasteiger partial charge on any atom is -0.437 e. The summed E-state index contributed by atoms with van der Waals surface area (Å²) in [7, 11) is 9.25. The van der Waals surface area contributed by atoms with E-state index in [2.05, 4.69) is 46.8 Å². The smallest absolute Gasteiger partial charge is 0.227 e. The molecule has 0 N–H and O–H groups in total. The molecule has 20 aromatic rings. The molecule has 15 heteroatoms. The van der Waals surface area contributed by atoms with Crippen molar-refractivity contribution in [3.05, 3.63) is 297 Å². The first-order valence-corrected chi connectivity index (χ1v) is 48.6. The predicted octanol–water partition coefficient (Wildman–Crippen LogP) is 32.3. The number of fused-ring (bicyclic) bond motifs is 15. The first-order valence-electron chi connectivity index (χ1n) is 67.6. The summed E-state index contributed by atoms with van der Waals surface area (Å²) in [5.74, 6) is -14.3. The summed E-state index contributed by atoms with van der Waals surface area (Å²) in [6, 6.07) is 54.2. The number of furan rings is 5. The molecule has 144 heavy (non-hydrogen) atoms. The molecule has 7 atom stereocenters. The quantitative estimate of drug-likeness (QED) is 0.0908. The van der Waals surface area contributed by atoms with Crippen LogP contribution in [0.1, 0.15) is 359 Å². The molecular formula is C129H149N10O5+5. The first-order chi connectivity index (χ1) is 83.4. The molecule has 0 bridgehead atoms. The molecule has 2 saturated carbocycles. The average molecular weight is 1960 g/mol. The van der Waals surface area contributed by atoms with Crippen LogP contribution in [0.2, 0.25) is 0 Å². The summed E-state index contributed by atoms with van der Waals surface area (Å²) < 4.78 is 348. The van der Waals surface area contributed by atoms with Crippen molar-refractivity contribution in [1.82, 2.24) is 24.9 Å². The largest absolute Gasteiger partial charge is 0.437 e. The zero-order valence-electron chi connectivity index (χ0n) is 123. The number of hydrogen-bond acceptors (Lipinski definition) is 10. The van der Waals surface area contributed by atoms with Gasteiger partial charge in [-0.25, -0.2) is 47.8 Å². The van der Waals surface area contributed by atoms with Crippen LogP contribution in [0.25, 0.3) is 167 Å². The van der Waals surface area contributed by atoms with E-state index < -0.39 is 127 Å². The maximum Gasteiger partial charge on any atom is 0.227 e. The van der Waals surface area contributed by atoms with Crippen LogP contribution >= 0.6 is 0 Å². The first kappa shape index (κ1) is 63.7. The van der Waals surface area contributed by atoms with Crippen LogP contribution in [0.5, 0.6) is 0 Å². The maximum absolute atomic E-state index is 9.03. The van der Waals surface area contributed by atoms with Crippen molar-refractivity contribution in [3.8, 4) is 56.3 Å². The Labute approximate surface area is 904 Å². The fraction of sp³-hybridized carbons (Fsp3) is 0.380. The van der Waals surface area contributed by atoms with Gasteiger partial charge in [-0.1, -0.05) is 217 Å². The van der Waals surface area contributed by atoms with Crippen LogP contribution in [-0.4, -0.2) is 24.9 Å². The summed E-state index contributed by atoms with van der Waals surface area (Å²) in [4.78, 5) is 23.0. The molecule has 0 radical (unpaired) electrons. The van der Waals surface area contributed by atoms with Crippen LogP contribution in [0.4, 0.5) is 0 Å². The van der Waals surface area contributed by atoms with E-state index in [1.807, 2.05) is 172 Å². The van der Waals surface area contributed by atoms with Gasteiger partial charge in [0.05, 0.1) is 27.8 Å². The fourth-order valence-corrected chi connectivity index (χ4v) is 19.1. The summed E-state index contributed by atoms with van der Waals surface area (Å²) in [5.41, 5.74) is 18.1. The lowest BCUT2D eigenvalue weighted by Crippen LogP contribution is -2.31. The molecule has 15 nitrogen and oxygen atoms in total. The number of benzene rings is 5. The highest BCUT2D eigenvalue weighted by Crippen LogP contribution is 2.47. The normalized spacial score (nSPS) is 22.7. The van der Waals surface area contributed by atoms with Crippen LogP contribution in [0.3, 0.4) is 0 Å². The molecule has 2 aliphatic carbocycles. The minimum absolute atomic E-state index is 0.0165. The minimum atomic E-state index is -2.74. The second-order valence-corrected chi connectivity index (χ2v) is 39.6. The number of pyridine rings is 10. The number of aryl methyl sites for hydroxylation is 10. The van der Waals surface area contributed by atoms with E-state index in [1.165, 1.54) is 54.5 Å². The molecular weight excluding hydrogens is 1770 g/mol. The Morgan fingerprint density at radius 2 is 0.618 bits per heavy atom. The van der Waals surface area contributed by atoms with Gasteiger partial charge in [0.1, 0.15) is 35.2 Å². The van der Waals surface area contributed by atoms with E-state index in [9.17, 15) is 0 Å². The summed E-state index contributed by atoms with van der Waals surface area (Å²) in [6.45, 7) is 5.14. The second-order valence-electron chi connectivity index (χ2n) is 39.6. The van der Waals surface area contributed by atoms with E-state index in [-0.39, 0.29) is 53.9 Å². The summed E-state index contributed by atoms with van der Waals surface area (Å²) >= 11 is 0. The SMILES string of the molecule is [2H]C([2H])([2H])C([2H])(C)Cc1ccc2c(n1)oc1c(-c3cc(C([2H])(C)C([2H])([2H])[2H])cc[n+]3C)c(C)ccc12.[2H]C([2H])([2H])C([2H])(C)c1cc[n+](C)c(-c2c(C)ccc3c2oc2nc(C(C)(C)C)ccc23)c1.[2H]C([2H])([2H])C([2H])(C)c1cc[n+](C)c(-c2c(C)ccc3c2oc2nc(C4([2H])C([2H])([2H])CCCC4([2H])[2H])ccc23)c1.[2H]C([2H])([2H])C([2H])(C)c1cc[n+](C)c(-c2c(C)ccc3c2oc2nc(C4([2H])CCCC4([2H])[2H])ccc23)c1.[2H]C([2H])([2H])C([2H])(C)c1cc[n+](C)c(-c2c(C)ccc3c2oc2nc(CC(C)(C([2H])([2H])[2H])C([2H])([2H])[2H])ccc23)c1. The monoisotopic (exact) mass is 1960 g/mol. The van der Waals surface area contributed by atoms with Crippen LogP contribution in [-0.2, 0) is 53.5 Å².